The molecule has 0 atom stereocenters. The van der Waals surface area contributed by atoms with Crippen LogP contribution in [0.3, 0.4) is 0 Å². The smallest absolute Gasteiger partial charge is 0.393 e. The van der Waals surface area contributed by atoms with Gasteiger partial charge in [-0.25, -0.2) is 14.6 Å². The van der Waals surface area contributed by atoms with Crippen molar-refractivity contribution in [1.82, 2.24) is 19.7 Å². The zero-order chi connectivity index (χ0) is 27.2. The summed E-state index contributed by atoms with van der Waals surface area (Å²) >= 11 is 5.68. The number of aryl methyl sites for hydroxylation is 1. The Balaban J connectivity index is 1.52. The summed E-state index contributed by atoms with van der Waals surface area (Å²) in [4.78, 5) is 21.4. The van der Waals surface area contributed by atoms with Gasteiger partial charge in [0.1, 0.15) is 17.8 Å². The SMILES string of the molecule is Cc1ccc(NC(=O)c2ccc(Cl)c(C(F)(F)F)c2)cc1-c1nn(C2CCC(O)CC2)c2ncnc(N)c12. The number of nitrogen functional groups attached to an aromatic ring is 1. The molecule has 1 aliphatic rings. The number of anilines is 2. The lowest BCUT2D eigenvalue weighted by Gasteiger charge is -2.25. The molecule has 1 saturated carbocycles. The molecule has 1 aliphatic carbocycles. The molecule has 38 heavy (non-hydrogen) atoms. The number of amides is 1. The van der Waals surface area contributed by atoms with Gasteiger partial charge in [0.15, 0.2) is 5.65 Å². The quantitative estimate of drug-likeness (QED) is 0.299. The standard InChI is InChI=1S/C26H24ClF3N6O2/c1-13-2-4-15(34-25(38)14-3-9-20(27)19(10-14)26(28,29)30)11-18(13)22-21-23(31)32-12-33-24(21)36(35-22)16-5-7-17(37)8-6-16/h2-4,9-12,16-17,37H,5-8H2,1H3,(H,34,38)(H2,31,32,33). The molecule has 0 bridgehead atoms. The number of nitrogens with two attached hydrogens (primary N) is 1. The zero-order valence-corrected chi connectivity index (χ0v) is 21.0. The fraction of sp³-hybridized carbons (Fsp3) is 0.308. The Morgan fingerprint density at radius 3 is 2.58 bits per heavy atom. The third kappa shape index (κ3) is 4.91. The summed E-state index contributed by atoms with van der Waals surface area (Å²) in [5, 5.41) is 17.5. The van der Waals surface area contributed by atoms with E-state index in [9.17, 15) is 23.1 Å². The van der Waals surface area contributed by atoms with E-state index in [4.69, 9.17) is 22.4 Å². The van der Waals surface area contributed by atoms with Gasteiger partial charge in [-0.15, -0.1) is 0 Å². The van der Waals surface area contributed by atoms with E-state index < -0.39 is 22.7 Å². The average molecular weight is 545 g/mol. The normalized spacial score (nSPS) is 18.1. The summed E-state index contributed by atoms with van der Waals surface area (Å²) < 4.78 is 41.6. The van der Waals surface area contributed by atoms with Gasteiger partial charge in [-0.3, -0.25) is 4.79 Å². The Kier molecular flexibility index (Phi) is 6.74. The highest BCUT2D eigenvalue weighted by atomic mass is 35.5. The molecule has 0 radical (unpaired) electrons. The topological polar surface area (TPSA) is 119 Å². The van der Waals surface area contributed by atoms with Crippen LogP contribution >= 0.6 is 11.6 Å². The molecule has 2 heterocycles. The molecule has 0 saturated heterocycles. The molecule has 198 valence electrons. The van der Waals surface area contributed by atoms with Crippen molar-refractivity contribution in [2.24, 2.45) is 0 Å². The molecule has 1 amide bonds. The molecule has 1 fully saturated rings. The third-order valence-electron chi connectivity index (χ3n) is 6.81. The minimum absolute atomic E-state index is 0.0277. The van der Waals surface area contributed by atoms with Crippen LogP contribution in [0, 0.1) is 6.92 Å². The summed E-state index contributed by atoms with van der Waals surface area (Å²) in [5.41, 5.74) is 7.94. The number of carbonyl (C=O) groups is 1. The van der Waals surface area contributed by atoms with Crippen LogP contribution in [0.5, 0.6) is 0 Å². The third-order valence-corrected chi connectivity index (χ3v) is 7.14. The zero-order valence-electron chi connectivity index (χ0n) is 20.3. The number of aliphatic hydroxyl groups excluding tert-OH is 1. The first-order valence-corrected chi connectivity index (χ1v) is 12.4. The number of rotatable bonds is 4. The van der Waals surface area contributed by atoms with Crippen molar-refractivity contribution in [3.05, 3.63) is 64.4 Å². The summed E-state index contributed by atoms with van der Waals surface area (Å²) in [5.74, 6) is -0.470. The number of alkyl halides is 3. The number of halogens is 4. The fourth-order valence-electron chi connectivity index (χ4n) is 4.78. The van der Waals surface area contributed by atoms with Crippen molar-refractivity contribution >= 4 is 40.0 Å². The lowest BCUT2D eigenvalue weighted by Crippen LogP contribution is -2.22. The minimum atomic E-state index is -4.69. The van der Waals surface area contributed by atoms with E-state index >= 15 is 0 Å². The maximum absolute atomic E-state index is 13.3. The van der Waals surface area contributed by atoms with Crippen LogP contribution in [0.4, 0.5) is 24.7 Å². The Labute approximate surface area is 220 Å². The number of hydrogen-bond acceptors (Lipinski definition) is 6. The highest BCUT2D eigenvalue weighted by molar-refractivity contribution is 6.31. The van der Waals surface area contributed by atoms with Crippen LogP contribution in [-0.2, 0) is 6.18 Å². The number of nitrogens with zero attached hydrogens (tertiary/aromatic N) is 4. The number of aromatic nitrogens is 4. The van der Waals surface area contributed by atoms with Crippen LogP contribution in [0.15, 0.2) is 42.7 Å². The lowest BCUT2D eigenvalue weighted by molar-refractivity contribution is -0.137. The Bertz CT molecular complexity index is 1530. The first-order valence-electron chi connectivity index (χ1n) is 12.0. The van der Waals surface area contributed by atoms with Crippen LogP contribution in [0.1, 0.15) is 53.2 Å². The highest BCUT2D eigenvalue weighted by Crippen LogP contribution is 2.38. The lowest BCUT2D eigenvalue weighted by atomic mass is 9.93. The number of aliphatic hydroxyl groups is 1. The Morgan fingerprint density at radius 2 is 1.87 bits per heavy atom. The predicted octanol–water partition coefficient (Wildman–Crippen LogP) is 5.78. The Morgan fingerprint density at radius 1 is 1.13 bits per heavy atom. The van der Waals surface area contributed by atoms with Crippen molar-refractivity contribution in [2.75, 3.05) is 11.1 Å². The monoisotopic (exact) mass is 544 g/mol. The number of fused-ring (bicyclic) bond motifs is 1. The summed E-state index contributed by atoms with van der Waals surface area (Å²) in [6, 6.07) is 8.15. The van der Waals surface area contributed by atoms with E-state index in [1.54, 1.807) is 18.2 Å². The highest BCUT2D eigenvalue weighted by Gasteiger charge is 2.34. The van der Waals surface area contributed by atoms with Crippen LogP contribution < -0.4 is 11.1 Å². The second kappa shape index (κ2) is 9.88. The molecule has 2 aromatic heterocycles. The largest absolute Gasteiger partial charge is 0.417 e. The second-order valence-corrected chi connectivity index (χ2v) is 9.80. The molecular formula is C26H24ClF3N6O2. The van der Waals surface area contributed by atoms with Gasteiger partial charge in [-0.1, -0.05) is 17.7 Å². The van der Waals surface area contributed by atoms with E-state index in [0.717, 1.165) is 30.5 Å². The van der Waals surface area contributed by atoms with Gasteiger partial charge in [-0.2, -0.15) is 18.3 Å². The molecule has 5 rings (SSSR count). The van der Waals surface area contributed by atoms with Crippen molar-refractivity contribution in [2.45, 2.75) is 50.9 Å². The van der Waals surface area contributed by atoms with Crippen LogP contribution in [0.25, 0.3) is 22.3 Å². The Hall–Kier alpha value is -3.70. The maximum Gasteiger partial charge on any atom is 0.417 e. The predicted molar refractivity (Wildman–Crippen MR) is 138 cm³/mol. The van der Waals surface area contributed by atoms with E-state index in [-0.39, 0.29) is 23.5 Å². The summed E-state index contributed by atoms with van der Waals surface area (Å²) in [6.07, 6.45) is -0.867. The van der Waals surface area contributed by atoms with Gasteiger partial charge >= 0.3 is 6.18 Å². The average Bonchev–Trinajstić information content (AvgIpc) is 3.26. The van der Waals surface area contributed by atoms with Gasteiger partial charge in [0.2, 0.25) is 0 Å². The number of hydrogen-bond donors (Lipinski definition) is 3. The van der Waals surface area contributed by atoms with E-state index in [0.29, 0.717) is 40.8 Å². The molecule has 12 heteroatoms. The molecule has 4 aromatic rings. The molecule has 4 N–H and O–H groups in total. The van der Waals surface area contributed by atoms with Crippen molar-refractivity contribution in [3.8, 4) is 11.3 Å². The first-order chi connectivity index (χ1) is 18.0. The number of carbonyl (C=O) groups excluding carboxylic acids is 1. The summed E-state index contributed by atoms with van der Waals surface area (Å²) in [7, 11) is 0. The van der Waals surface area contributed by atoms with Gasteiger partial charge in [-0.05, 0) is 68.5 Å². The van der Waals surface area contributed by atoms with Crippen molar-refractivity contribution < 1.29 is 23.1 Å². The summed E-state index contributed by atoms with van der Waals surface area (Å²) in [6.45, 7) is 1.87. The number of nitrogens with one attached hydrogen (secondary N) is 1. The molecule has 0 unspecified atom stereocenters. The molecule has 8 nitrogen and oxygen atoms in total. The second-order valence-electron chi connectivity index (χ2n) is 9.39. The van der Waals surface area contributed by atoms with Crippen molar-refractivity contribution in [1.29, 1.82) is 0 Å². The molecule has 0 spiro atoms. The van der Waals surface area contributed by atoms with E-state index in [2.05, 4.69) is 15.3 Å². The molecule has 0 aliphatic heterocycles. The van der Waals surface area contributed by atoms with E-state index in [1.807, 2.05) is 11.6 Å². The minimum Gasteiger partial charge on any atom is -0.393 e. The number of benzene rings is 2. The van der Waals surface area contributed by atoms with E-state index in [1.165, 1.54) is 12.4 Å². The van der Waals surface area contributed by atoms with Crippen LogP contribution in [0.2, 0.25) is 5.02 Å². The maximum atomic E-state index is 13.3. The van der Waals surface area contributed by atoms with Gasteiger partial charge in [0, 0.05) is 16.8 Å². The van der Waals surface area contributed by atoms with Crippen LogP contribution in [-0.4, -0.2) is 36.9 Å². The van der Waals surface area contributed by atoms with Crippen molar-refractivity contribution in [3.63, 3.8) is 0 Å². The van der Waals surface area contributed by atoms with Gasteiger partial charge in [0.25, 0.3) is 5.91 Å². The van der Waals surface area contributed by atoms with Gasteiger partial charge < -0.3 is 16.2 Å². The van der Waals surface area contributed by atoms with Gasteiger partial charge in [0.05, 0.1) is 28.1 Å². The molecular weight excluding hydrogens is 521 g/mol. The fourth-order valence-corrected chi connectivity index (χ4v) is 5.01. The molecule has 2 aromatic carbocycles. The first kappa shape index (κ1) is 25.9.